The maximum absolute atomic E-state index is 13.4. The van der Waals surface area contributed by atoms with Crippen LogP contribution in [0.25, 0.3) is 0 Å². The number of anilines is 1. The number of sulfone groups is 1. The first-order chi connectivity index (χ1) is 10.7. The van der Waals surface area contributed by atoms with Gasteiger partial charge in [-0.1, -0.05) is 6.07 Å². The molecule has 0 unspecified atom stereocenters. The number of nitrogens with zero attached hydrogens (tertiary/aromatic N) is 1. The first kappa shape index (κ1) is 17.4. The molecule has 6 nitrogen and oxygen atoms in total. The number of nitro groups is 1. The van der Waals surface area contributed by atoms with Crippen LogP contribution in [-0.2, 0) is 16.4 Å². The van der Waals surface area contributed by atoms with Crippen molar-refractivity contribution < 1.29 is 17.7 Å². The van der Waals surface area contributed by atoms with Crippen molar-refractivity contribution in [2.24, 2.45) is 0 Å². The first-order valence-corrected chi connectivity index (χ1v) is 9.03. The zero-order valence-corrected chi connectivity index (χ0v) is 14.3. The van der Waals surface area contributed by atoms with E-state index >= 15 is 0 Å². The normalized spacial score (nSPS) is 11.3. The molecule has 2 aromatic rings. The van der Waals surface area contributed by atoms with Gasteiger partial charge in [-0.3, -0.25) is 10.1 Å². The molecule has 1 N–H and O–H groups in total. The molecule has 0 heterocycles. The number of rotatable bonds is 5. The Morgan fingerprint density at radius 1 is 1.26 bits per heavy atom. The van der Waals surface area contributed by atoms with E-state index in [0.717, 1.165) is 12.3 Å². The molecule has 0 aromatic heterocycles. The van der Waals surface area contributed by atoms with Crippen LogP contribution in [0.3, 0.4) is 0 Å². The molecule has 9 heteroatoms. The zero-order valence-electron chi connectivity index (χ0n) is 11.9. The lowest BCUT2D eigenvalue weighted by Gasteiger charge is -2.09. The van der Waals surface area contributed by atoms with E-state index in [2.05, 4.69) is 21.2 Å². The van der Waals surface area contributed by atoms with Crippen molar-refractivity contribution in [3.05, 3.63) is 62.4 Å². The van der Waals surface area contributed by atoms with Crippen molar-refractivity contribution in [3.8, 4) is 0 Å². The number of nitro benzene ring substituents is 1. The van der Waals surface area contributed by atoms with Crippen LogP contribution in [-0.4, -0.2) is 19.6 Å². The smallest absolute Gasteiger partial charge is 0.288 e. The summed E-state index contributed by atoms with van der Waals surface area (Å²) in [5, 5.41) is 13.8. The van der Waals surface area contributed by atoms with Crippen LogP contribution in [0.5, 0.6) is 0 Å². The van der Waals surface area contributed by atoms with Gasteiger partial charge >= 0.3 is 0 Å². The lowest BCUT2D eigenvalue weighted by Crippen LogP contribution is -2.05. The quantitative estimate of drug-likeness (QED) is 0.610. The highest BCUT2D eigenvalue weighted by molar-refractivity contribution is 9.10. The monoisotopic (exact) mass is 402 g/mol. The largest absolute Gasteiger partial charge is 0.381 e. The average Bonchev–Trinajstić information content (AvgIpc) is 2.47. The molecule has 0 bridgehead atoms. The third-order valence-corrected chi connectivity index (χ3v) is 4.81. The number of hydrogen-bond donors (Lipinski definition) is 1. The van der Waals surface area contributed by atoms with E-state index in [1.165, 1.54) is 18.2 Å². The highest BCUT2D eigenvalue weighted by atomic mass is 79.9. The van der Waals surface area contributed by atoms with E-state index in [-0.39, 0.29) is 11.4 Å². The van der Waals surface area contributed by atoms with Gasteiger partial charge in [0.05, 0.1) is 9.40 Å². The van der Waals surface area contributed by atoms with Crippen LogP contribution in [0.1, 0.15) is 5.56 Å². The van der Waals surface area contributed by atoms with E-state index in [9.17, 15) is 22.9 Å². The van der Waals surface area contributed by atoms with Gasteiger partial charge < -0.3 is 5.32 Å². The molecule has 0 radical (unpaired) electrons. The third kappa shape index (κ3) is 4.26. The van der Waals surface area contributed by atoms with Crippen LogP contribution in [0.4, 0.5) is 15.8 Å². The van der Waals surface area contributed by atoms with E-state index < -0.39 is 26.3 Å². The zero-order chi connectivity index (χ0) is 17.2. The van der Waals surface area contributed by atoms with Crippen LogP contribution in [0.2, 0.25) is 0 Å². The minimum atomic E-state index is -3.74. The Morgan fingerprint density at radius 2 is 1.96 bits per heavy atom. The summed E-state index contributed by atoms with van der Waals surface area (Å²) in [5.41, 5.74) is 0.553. The van der Waals surface area contributed by atoms with Gasteiger partial charge in [-0.2, -0.15) is 0 Å². The molecular weight excluding hydrogens is 391 g/mol. The Balaban J connectivity index is 2.27. The van der Waals surface area contributed by atoms with Gasteiger partial charge in [0.2, 0.25) is 0 Å². The van der Waals surface area contributed by atoms with Gasteiger partial charge in [-0.05, 0) is 45.8 Å². The van der Waals surface area contributed by atoms with Crippen molar-refractivity contribution in [3.63, 3.8) is 0 Å². The Morgan fingerprint density at radius 3 is 2.52 bits per heavy atom. The molecule has 122 valence electrons. The summed E-state index contributed by atoms with van der Waals surface area (Å²) in [5.74, 6) is -0.412. The van der Waals surface area contributed by atoms with Crippen molar-refractivity contribution in [1.82, 2.24) is 0 Å². The highest BCUT2D eigenvalue weighted by Gasteiger charge is 2.22. The van der Waals surface area contributed by atoms with Gasteiger partial charge in [-0.25, -0.2) is 12.8 Å². The Labute approximate surface area is 140 Å². The molecule has 0 aliphatic carbocycles. The number of benzene rings is 2. The molecule has 0 aliphatic rings. The molecule has 0 saturated carbocycles. The predicted molar refractivity (Wildman–Crippen MR) is 87.6 cm³/mol. The summed E-state index contributed by atoms with van der Waals surface area (Å²) in [4.78, 5) is 9.79. The van der Waals surface area contributed by atoms with Crippen molar-refractivity contribution in [1.29, 1.82) is 0 Å². The van der Waals surface area contributed by atoms with Crippen LogP contribution >= 0.6 is 15.9 Å². The van der Waals surface area contributed by atoms with Gasteiger partial charge in [0.25, 0.3) is 5.69 Å². The molecule has 0 spiro atoms. The van der Waals surface area contributed by atoms with Crippen molar-refractivity contribution in [2.75, 3.05) is 11.6 Å². The first-order valence-electron chi connectivity index (χ1n) is 6.35. The van der Waals surface area contributed by atoms with E-state index in [0.29, 0.717) is 15.7 Å². The highest BCUT2D eigenvalue weighted by Crippen LogP contribution is 2.27. The molecule has 2 rings (SSSR count). The summed E-state index contributed by atoms with van der Waals surface area (Å²) in [6.45, 7) is 0.241. The fourth-order valence-electron chi connectivity index (χ4n) is 1.93. The van der Waals surface area contributed by atoms with Crippen LogP contribution in [0, 0.1) is 15.9 Å². The minimum Gasteiger partial charge on any atom is -0.381 e. The van der Waals surface area contributed by atoms with Crippen LogP contribution < -0.4 is 5.32 Å². The second kappa shape index (κ2) is 6.63. The van der Waals surface area contributed by atoms with E-state index in [1.54, 1.807) is 12.1 Å². The lowest BCUT2D eigenvalue weighted by molar-refractivity contribution is -0.387. The molecular formula is C14H12BrFN2O4S. The van der Waals surface area contributed by atoms with Crippen molar-refractivity contribution >= 4 is 37.1 Å². The van der Waals surface area contributed by atoms with E-state index in [4.69, 9.17) is 0 Å². The summed E-state index contributed by atoms with van der Waals surface area (Å²) in [6.07, 6.45) is 0.906. The number of hydrogen-bond acceptors (Lipinski definition) is 5. The van der Waals surface area contributed by atoms with Gasteiger partial charge in [0, 0.05) is 24.6 Å². The Hall–Kier alpha value is -2.00. The minimum absolute atomic E-state index is 0.241. The van der Waals surface area contributed by atoms with Crippen LogP contribution in [0.15, 0.2) is 45.8 Å². The summed E-state index contributed by atoms with van der Waals surface area (Å²) < 4.78 is 37.1. The SMILES string of the molecule is CS(=O)(=O)c1cc(NCc2ccc(Br)c(F)c2)ccc1[N+](=O)[O-]. The number of nitrogens with one attached hydrogen (secondary N) is 1. The molecule has 0 atom stereocenters. The summed E-state index contributed by atoms with van der Waals surface area (Å²) in [7, 11) is -3.74. The molecule has 0 fully saturated rings. The summed E-state index contributed by atoms with van der Waals surface area (Å²) >= 11 is 3.05. The van der Waals surface area contributed by atoms with Crippen molar-refractivity contribution in [2.45, 2.75) is 11.4 Å². The second-order valence-corrected chi connectivity index (χ2v) is 7.65. The number of halogens is 2. The van der Waals surface area contributed by atoms with Gasteiger partial charge in [0.1, 0.15) is 10.7 Å². The standard InChI is InChI=1S/C14H12BrFN2O4S/c1-23(21,22)14-7-10(3-5-13(14)18(19)20)17-8-9-2-4-11(15)12(16)6-9/h2-7,17H,8H2,1H3. The predicted octanol–water partition coefficient (Wildman–Crippen LogP) is 3.51. The second-order valence-electron chi connectivity index (χ2n) is 4.81. The maximum Gasteiger partial charge on any atom is 0.288 e. The molecule has 0 saturated heterocycles. The molecule has 0 amide bonds. The average molecular weight is 403 g/mol. The molecule has 2 aromatic carbocycles. The van der Waals surface area contributed by atoms with E-state index in [1.807, 2.05) is 0 Å². The topological polar surface area (TPSA) is 89.3 Å². The lowest BCUT2D eigenvalue weighted by atomic mass is 10.2. The molecule has 0 aliphatic heterocycles. The fraction of sp³-hybridized carbons (Fsp3) is 0.143. The Bertz CT molecular complexity index is 871. The van der Waals surface area contributed by atoms with Gasteiger partial charge in [-0.15, -0.1) is 0 Å². The Kier molecular flexibility index (Phi) is 5.00. The third-order valence-electron chi connectivity index (χ3n) is 3.04. The fourth-order valence-corrected chi connectivity index (χ4v) is 3.04. The summed E-state index contributed by atoms with van der Waals surface area (Å²) in [6, 6.07) is 8.32. The van der Waals surface area contributed by atoms with Gasteiger partial charge in [0.15, 0.2) is 9.84 Å². The maximum atomic E-state index is 13.4. The molecule has 23 heavy (non-hydrogen) atoms.